The lowest BCUT2D eigenvalue weighted by Crippen LogP contribution is -1.86. The molecule has 0 aliphatic carbocycles. The van der Waals surface area contributed by atoms with E-state index in [1.807, 2.05) is 12.1 Å². The van der Waals surface area contributed by atoms with Crippen molar-refractivity contribution < 1.29 is 9.21 Å². The van der Waals surface area contributed by atoms with Gasteiger partial charge in [0.15, 0.2) is 0 Å². The average Bonchev–Trinajstić information content (AvgIpc) is 2.89. The van der Waals surface area contributed by atoms with Crippen molar-refractivity contribution in [2.75, 3.05) is 0 Å². The Hall–Kier alpha value is -1.99. The van der Waals surface area contributed by atoms with Crippen molar-refractivity contribution in [3.05, 3.63) is 53.5 Å². The highest BCUT2D eigenvalue weighted by atomic mass is 32.2. The minimum atomic E-state index is 0.517. The Kier molecular flexibility index (Phi) is 3.63. The average molecular weight is 243 g/mol. The third-order valence-corrected chi connectivity index (χ3v) is 3.31. The topological polar surface area (TPSA) is 54.0 Å². The SMILES string of the molecule is N#Cc1cc(C=O)ccc1SCc1ccco1. The van der Waals surface area contributed by atoms with Crippen molar-refractivity contribution in [3.8, 4) is 6.07 Å². The molecule has 0 atom stereocenters. The fourth-order valence-corrected chi connectivity index (χ4v) is 2.26. The van der Waals surface area contributed by atoms with Gasteiger partial charge in [0, 0.05) is 10.5 Å². The Morgan fingerprint density at radius 1 is 1.41 bits per heavy atom. The van der Waals surface area contributed by atoms with Crippen LogP contribution in [0.25, 0.3) is 0 Å². The molecule has 2 rings (SSSR count). The molecule has 0 aliphatic rings. The summed E-state index contributed by atoms with van der Waals surface area (Å²) in [4.78, 5) is 11.5. The van der Waals surface area contributed by atoms with Gasteiger partial charge in [-0.3, -0.25) is 4.79 Å². The Morgan fingerprint density at radius 2 is 2.29 bits per heavy atom. The number of thioether (sulfide) groups is 1. The van der Waals surface area contributed by atoms with Crippen LogP contribution in [0.15, 0.2) is 45.9 Å². The van der Waals surface area contributed by atoms with Crippen LogP contribution in [0.2, 0.25) is 0 Å². The molecular weight excluding hydrogens is 234 g/mol. The van der Waals surface area contributed by atoms with Gasteiger partial charge in [-0.05, 0) is 24.3 Å². The summed E-state index contributed by atoms with van der Waals surface area (Å²) in [5.74, 6) is 1.53. The maximum absolute atomic E-state index is 10.6. The Labute approximate surface area is 103 Å². The minimum absolute atomic E-state index is 0.517. The predicted octanol–water partition coefficient (Wildman–Crippen LogP) is 3.26. The van der Waals surface area contributed by atoms with Crippen molar-refractivity contribution in [2.45, 2.75) is 10.6 Å². The van der Waals surface area contributed by atoms with Crippen LogP contribution < -0.4 is 0 Å². The van der Waals surface area contributed by atoms with Crippen molar-refractivity contribution in [1.29, 1.82) is 5.26 Å². The predicted molar refractivity (Wildman–Crippen MR) is 64.8 cm³/mol. The molecule has 2 aromatic rings. The van der Waals surface area contributed by atoms with E-state index in [1.54, 1.807) is 24.5 Å². The first kappa shape index (κ1) is 11.5. The van der Waals surface area contributed by atoms with Gasteiger partial charge in [-0.15, -0.1) is 11.8 Å². The monoisotopic (exact) mass is 243 g/mol. The Balaban J connectivity index is 2.16. The summed E-state index contributed by atoms with van der Waals surface area (Å²) in [7, 11) is 0. The number of aldehydes is 1. The lowest BCUT2D eigenvalue weighted by molar-refractivity contribution is 0.112. The van der Waals surface area contributed by atoms with Crippen LogP contribution in [0.1, 0.15) is 21.7 Å². The van der Waals surface area contributed by atoms with E-state index in [0.29, 0.717) is 16.9 Å². The van der Waals surface area contributed by atoms with Crippen molar-refractivity contribution in [1.82, 2.24) is 0 Å². The van der Waals surface area contributed by atoms with Gasteiger partial charge < -0.3 is 4.42 Å². The van der Waals surface area contributed by atoms with Crippen LogP contribution in [0.4, 0.5) is 0 Å². The molecule has 0 spiro atoms. The molecule has 3 nitrogen and oxygen atoms in total. The molecular formula is C13H9NO2S. The number of benzene rings is 1. The molecule has 1 aromatic carbocycles. The summed E-state index contributed by atoms with van der Waals surface area (Å²) in [6, 6.07) is 10.9. The molecule has 0 N–H and O–H groups in total. The summed E-state index contributed by atoms with van der Waals surface area (Å²) in [6.07, 6.45) is 2.36. The molecule has 1 heterocycles. The van der Waals surface area contributed by atoms with Crippen LogP contribution in [-0.2, 0) is 5.75 Å². The van der Waals surface area contributed by atoms with Gasteiger partial charge in [0.2, 0.25) is 0 Å². The van der Waals surface area contributed by atoms with Crippen molar-refractivity contribution >= 4 is 18.0 Å². The zero-order valence-electron chi connectivity index (χ0n) is 8.92. The van der Waals surface area contributed by atoms with E-state index in [4.69, 9.17) is 9.68 Å². The number of nitriles is 1. The van der Waals surface area contributed by atoms with E-state index in [1.165, 1.54) is 11.8 Å². The summed E-state index contributed by atoms with van der Waals surface area (Å²) in [5.41, 5.74) is 1.04. The normalized spacial score (nSPS) is 9.82. The van der Waals surface area contributed by atoms with Crippen LogP contribution >= 0.6 is 11.8 Å². The highest BCUT2D eigenvalue weighted by Gasteiger charge is 2.05. The lowest BCUT2D eigenvalue weighted by atomic mass is 10.1. The summed E-state index contributed by atoms with van der Waals surface area (Å²) in [5, 5.41) is 8.99. The van der Waals surface area contributed by atoms with Gasteiger partial charge in [0.1, 0.15) is 18.1 Å². The van der Waals surface area contributed by atoms with Gasteiger partial charge >= 0.3 is 0 Å². The fraction of sp³-hybridized carbons (Fsp3) is 0.0769. The molecule has 0 amide bonds. The maximum Gasteiger partial charge on any atom is 0.150 e. The zero-order chi connectivity index (χ0) is 12.1. The van der Waals surface area contributed by atoms with Crippen molar-refractivity contribution in [2.24, 2.45) is 0 Å². The van der Waals surface area contributed by atoms with Gasteiger partial charge in [0.25, 0.3) is 0 Å². The molecule has 17 heavy (non-hydrogen) atoms. The summed E-state index contributed by atoms with van der Waals surface area (Å²) < 4.78 is 5.21. The Morgan fingerprint density at radius 3 is 2.94 bits per heavy atom. The highest BCUT2D eigenvalue weighted by Crippen LogP contribution is 2.26. The Bertz CT molecular complexity index is 555. The van der Waals surface area contributed by atoms with E-state index in [9.17, 15) is 4.79 Å². The minimum Gasteiger partial charge on any atom is -0.468 e. The first-order chi connectivity index (χ1) is 8.33. The number of hydrogen-bond donors (Lipinski definition) is 0. The second kappa shape index (κ2) is 5.37. The van der Waals surface area contributed by atoms with Gasteiger partial charge in [-0.25, -0.2) is 0 Å². The number of rotatable bonds is 4. The third-order valence-electron chi connectivity index (χ3n) is 2.21. The third kappa shape index (κ3) is 2.77. The van der Waals surface area contributed by atoms with Gasteiger partial charge in [-0.1, -0.05) is 6.07 Å². The lowest BCUT2D eigenvalue weighted by Gasteiger charge is -2.02. The molecule has 0 unspecified atom stereocenters. The number of carbonyl (C=O) groups is 1. The quantitative estimate of drug-likeness (QED) is 0.611. The molecule has 4 heteroatoms. The number of hydrogen-bond acceptors (Lipinski definition) is 4. The van der Waals surface area contributed by atoms with Crippen LogP contribution in [-0.4, -0.2) is 6.29 Å². The smallest absolute Gasteiger partial charge is 0.150 e. The van der Waals surface area contributed by atoms with E-state index in [2.05, 4.69) is 6.07 Å². The second-order valence-electron chi connectivity index (χ2n) is 3.35. The largest absolute Gasteiger partial charge is 0.468 e. The number of nitrogens with zero attached hydrogens (tertiary/aromatic N) is 1. The summed E-state index contributed by atoms with van der Waals surface area (Å²) in [6.45, 7) is 0. The maximum atomic E-state index is 10.6. The molecule has 84 valence electrons. The molecule has 0 radical (unpaired) electrons. The van der Waals surface area contributed by atoms with Crippen LogP contribution in [0.3, 0.4) is 0 Å². The van der Waals surface area contributed by atoms with Crippen molar-refractivity contribution in [3.63, 3.8) is 0 Å². The first-order valence-electron chi connectivity index (χ1n) is 4.98. The highest BCUT2D eigenvalue weighted by molar-refractivity contribution is 7.98. The molecule has 0 bridgehead atoms. The molecule has 0 saturated heterocycles. The van der Waals surface area contributed by atoms with E-state index < -0.39 is 0 Å². The first-order valence-corrected chi connectivity index (χ1v) is 5.96. The standard InChI is InChI=1S/C13H9NO2S/c14-7-11-6-10(8-15)3-4-13(11)17-9-12-2-1-5-16-12/h1-6,8H,9H2. The number of carbonyl (C=O) groups excluding carboxylic acids is 1. The molecule has 1 aromatic heterocycles. The molecule has 0 aliphatic heterocycles. The van der Waals surface area contributed by atoms with Crippen LogP contribution in [0.5, 0.6) is 0 Å². The van der Waals surface area contributed by atoms with E-state index in [-0.39, 0.29) is 0 Å². The number of furan rings is 1. The van der Waals surface area contributed by atoms with Crippen LogP contribution in [0, 0.1) is 11.3 Å². The van der Waals surface area contributed by atoms with E-state index >= 15 is 0 Å². The summed E-state index contributed by atoms with van der Waals surface area (Å²) >= 11 is 1.52. The van der Waals surface area contributed by atoms with E-state index in [0.717, 1.165) is 16.9 Å². The molecule has 0 saturated carbocycles. The second-order valence-corrected chi connectivity index (χ2v) is 4.37. The van der Waals surface area contributed by atoms with Gasteiger partial charge in [-0.2, -0.15) is 5.26 Å². The van der Waals surface area contributed by atoms with Gasteiger partial charge in [0.05, 0.1) is 17.6 Å². The molecule has 0 fully saturated rings. The zero-order valence-corrected chi connectivity index (χ0v) is 9.74. The fourth-order valence-electron chi connectivity index (χ4n) is 1.38.